The summed E-state index contributed by atoms with van der Waals surface area (Å²) in [6.07, 6.45) is 1.73. The first-order valence-electron chi connectivity index (χ1n) is 8.28. The predicted molar refractivity (Wildman–Crippen MR) is 85.5 cm³/mol. The SMILES string of the molecule is Cc1ccnc(OC[C@@]23COC[C@@H]2CN(Cc2cc(C)on2)C3)n1. The molecule has 0 unspecified atom stereocenters. The predicted octanol–water partition coefficient (Wildman–Crippen LogP) is 1.61. The van der Waals surface area contributed by atoms with Crippen LogP contribution in [0.3, 0.4) is 0 Å². The Kier molecular flexibility index (Phi) is 3.97. The van der Waals surface area contributed by atoms with Crippen molar-refractivity contribution in [2.75, 3.05) is 32.9 Å². The standard InChI is InChI=1S/C17H22N4O3/c1-12-3-4-18-16(19-12)23-11-17-9-21(6-14(17)8-22-10-17)7-15-5-13(2)24-20-15/h3-5,14H,6-11H2,1-2H3/t14-,17+/m0/s1. The summed E-state index contributed by atoms with van der Waals surface area (Å²) in [6.45, 7) is 8.65. The van der Waals surface area contributed by atoms with Crippen molar-refractivity contribution in [3.63, 3.8) is 0 Å². The van der Waals surface area contributed by atoms with Crippen molar-refractivity contribution in [2.45, 2.75) is 20.4 Å². The van der Waals surface area contributed by atoms with Crippen LogP contribution >= 0.6 is 0 Å². The van der Waals surface area contributed by atoms with Crippen LogP contribution in [0.5, 0.6) is 6.01 Å². The second kappa shape index (κ2) is 6.14. The van der Waals surface area contributed by atoms with Gasteiger partial charge < -0.3 is 14.0 Å². The molecule has 2 aromatic rings. The lowest BCUT2D eigenvalue weighted by Gasteiger charge is -2.26. The van der Waals surface area contributed by atoms with Gasteiger partial charge in [-0.15, -0.1) is 0 Å². The molecule has 7 heteroatoms. The molecule has 24 heavy (non-hydrogen) atoms. The minimum Gasteiger partial charge on any atom is -0.463 e. The van der Waals surface area contributed by atoms with Gasteiger partial charge in [0.25, 0.3) is 0 Å². The molecule has 7 nitrogen and oxygen atoms in total. The monoisotopic (exact) mass is 330 g/mol. The van der Waals surface area contributed by atoms with Gasteiger partial charge in [-0.2, -0.15) is 0 Å². The van der Waals surface area contributed by atoms with E-state index >= 15 is 0 Å². The third-order valence-corrected chi connectivity index (χ3v) is 4.92. The number of aromatic nitrogens is 3. The average Bonchev–Trinajstić information content (AvgIpc) is 3.20. The highest BCUT2D eigenvalue weighted by Crippen LogP contribution is 2.42. The van der Waals surface area contributed by atoms with Crippen LogP contribution in [-0.4, -0.2) is 52.9 Å². The summed E-state index contributed by atoms with van der Waals surface area (Å²) >= 11 is 0. The average molecular weight is 330 g/mol. The number of fused-ring (bicyclic) bond motifs is 1. The molecule has 2 aliphatic rings. The number of nitrogens with zero attached hydrogens (tertiary/aromatic N) is 4. The van der Waals surface area contributed by atoms with Crippen LogP contribution in [0.2, 0.25) is 0 Å². The topological polar surface area (TPSA) is 73.5 Å². The molecule has 0 amide bonds. The van der Waals surface area contributed by atoms with Gasteiger partial charge in [0.05, 0.1) is 18.9 Å². The van der Waals surface area contributed by atoms with Crippen molar-refractivity contribution >= 4 is 0 Å². The van der Waals surface area contributed by atoms with Crippen molar-refractivity contribution in [2.24, 2.45) is 11.3 Å². The lowest BCUT2D eigenvalue weighted by atomic mass is 9.82. The molecule has 0 aliphatic carbocycles. The molecule has 0 aromatic carbocycles. The summed E-state index contributed by atoms with van der Waals surface area (Å²) in [7, 11) is 0. The first-order valence-corrected chi connectivity index (χ1v) is 8.28. The van der Waals surface area contributed by atoms with E-state index in [0.717, 1.165) is 50.0 Å². The van der Waals surface area contributed by atoms with E-state index in [9.17, 15) is 0 Å². The molecule has 2 fully saturated rings. The lowest BCUT2D eigenvalue weighted by molar-refractivity contribution is 0.0855. The second-order valence-corrected chi connectivity index (χ2v) is 6.94. The van der Waals surface area contributed by atoms with Gasteiger partial charge in [0.1, 0.15) is 12.4 Å². The van der Waals surface area contributed by atoms with Crippen LogP contribution < -0.4 is 4.74 Å². The minimum absolute atomic E-state index is 0.00584. The van der Waals surface area contributed by atoms with Gasteiger partial charge in [-0.1, -0.05) is 5.16 Å². The smallest absolute Gasteiger partial charge is 0.316 e. The molecule has 4 heterocycles. The van der Waals surface area contributed by atoms with Gasteiger partial charge in [0.2, 0.25) is 0 Å². The summed E-state index contributed by atoms with van der Waals surface area (Å²) in [4.78, 5) is 10.9. The molecule has 2 aromatic heterocycles. The fourth-order valence-corrected chi connectivity index (χ4v) is 3.69. The molecule has 2 saturated heterocycles. The fraction of sp³-hybridized carbons (Fsp3) is 0.588. The maximum absolute atomic E-state index is 5.92. The number of likely N-dealkylation sites (tertiary alicyclic amines) is 1. The maximum Gasteiger partial charge on any atom is 0.316 e. The normalized spacial score (nSPS) is 26.7. The second-order valence-electron chi connectivity index (χ2n) is 6.94. The summed E-state index contributed by atoms with van der Waals surface area (Å²) < 4.78 is 16.8. The molecule has 0 saturated carbocycles. The molecule has 0 N–H and O–H groups in total. The highest BCUT2D eigenvalue weighted by atomic mass is 16.5. The number of aryl methyl sites for hydroxylation is 2. The summed E-state index contributed by atoms with van der Waals surface area (Å²) in [5.41, 5.74) is 1.89. The number of rotatable bonds is 5. The van der Waals surface area contributed by atoms with Crippen LogP contribution in [0.1, 0.15) is 17.1 Å². The van der Waals surface area contributed by atoms with Gasteiger partial charge in [-0.05, 0) is 19.9 Å². The largest absolute Gasteiger partial charge is 0.463 e. The summed E-state index contributed by atoms with van der Waals surface area (Å²) in [6, 6.07) is 4.30. The molecule has 0 radical (unpaired) electrons. The summed E-state index contributed by atoms with van der Waals surface area (Å²) in [5.74, 6) is 1.32. The third kappa shape index (κ3) is 3.01. The van der Waals surface area contributed by atoms with E-state index in [1.165, 1.54) is 0 Å². The number of ether oxygens (including phenoxy) is 2. The van der Waals surface area contributed by atoms with Crippen molar-refractivity contribution in [3.05, 3.63) is 35.5 Å². The van der Waals surface area contributed by atoms with Gasteiger partial charge >= 0.3 is 6.01 Å². The Balaban J connectivity index is 1.42. The van der Waals surface area contributed by atoms with E-state index in [-0.39, 0.29) is 5.41 Å². The van der Waals surface area contributed by atoms with E-state index in [4.69, 9.17) is 14.0 Å². The molecular formula is C17H22N4O3. The van der Waals surface area contributed by atoms with E-state index < -0.39 is 0 Å². The minimum atomic E-state index is 0.00584. The fourth-order valence-electron chi connectivity index (χ4n) is 3.69. The Labute approximate surface area is 141 Å². The van der Waals surface area contributed by atoms with Crippen LogP contribution in [0, 0.1) is 25.2 Å². The molecular weight excluding hydrogens is 308 g/mol. The van der Waals surface area contributed by atoms with E-state index in [1.54, 1.807) is 6.20 Å². The van der Waals surface area contributed by atoms with Gasteiger partial charge in [0.15, 0.2) is 0 Å². The zero-order valence-corrected chi connectivity index (χ0v) is 14.1. The first kappa shape index (κ1) is 15.5. The summed E-state index contributed by atoms with van der Waals surface area (Å²) in [5, 5.41) is 4.10. The van der Waals surface area contributed by atoms with Crippen LogP contribution in [-0.2, 0) is 11.3 Å². The Morgan fingerprint density at radius 2 is 2.33 bits per heavy atom. The zero-order chi connectivity index (χ0) is 16.6. The number of hydrogen-bond donors (Lipinski definition) is 0. The van der Waals surface area contributed by atoms with E-state index in [0.29, 0.717) is 18.5 Å². The number of hydrogen-bond acceptors (Lipinski definition) is 7. The highest BCUT2D eigenvalue weighted by molar-refractivity contribution is 5.08. The van der Waals surface area contributed by atoms with Crippen LogP contribution in [0.4, 0.5) is 0 Å². The van der Waals surface area contributed by atoms with Crippen molar-refractivity contribution in [1.29, 1.82) is 0 Å². The zero-order valence-electron chi connectivity index (χ0n) is 14.1. The lowest BCUT2D eigenvalue weighted by Crippen LogP contribution is -2.37. The molecule has 128 valence electrons. The van der Waals surface area contributed by atoms with Crippen LogP contribution in [0.15, 0.2) is 22.9 Å². The van der Waals surface area contributed by atoms with E-state index in [1.807, 2.05) is 26.0 Å². The van der Waals surface area contributed by atoms with E-state index in [2.05, 4.69) is 20.0 Å². The van der Waals surface area contributed by atoms with Gasteiger partial charge in [-0.25, -0.2) is 9.97 Å². The first-order chi connectivity index (χ1) is 11.6. The van der Waals surface area contributed by atoms with Crippen molar-refractivity contribution in [3.8, 4) is 6.01 Å². The molecule has 0 spiro atoms. The van der Waals surface area contributed by atoms with Crippen molar-refractivity contribution < 1.29 is 14.0 Å². The molecule has 2 aliphatic heterocycles. The maximum atomic E-state index is 5.92. The Hall–Kier alpha value is -1.99. The molecule has 4 rings (SSSR count). The molecule has 2 atom stereocenters. The highest BCUT2D eigenvalue weighted by Gasteiger charge is 2.51. The Morgan fingerprint density at radius 1 is 1.42 bits per heavy atom. The van der Waals surface area contributed by atoms with Crippen molar-refractivity contribution in [1.82, 2.24) is 20.0 Å². The van der Waals surface area contributed by atoms with Gasteiger partial charge in [-0.3, -0.25) is 4.90 Å². The quantitative estimate of drug-likeness (QED) is 0.824. The third-order valence-electron chi connectivity index (χ3n) is 4.92. The molecule has 0 bridgehead atoms. The Morgan fingerprint density at radius 3 is 3.12 bits per heavy atom. The Bertz CT molecular complexity index is 719. The van der Waals surface area contributed by atoms with Gasteiger partial charge in [0, 0.05) is 48.9 Å². The van der Waals surface area contributed by atoms with Crippen LogP contribution in [0.25, 0.3) is 0 Å².